The van der Waals surface area contributed by atoms with Crippen molar-refractivity contribution in [2.24, 2.45) is 5.92 Å². The van der Waals surface area contributed by atoms with Crippen LogP contribution in [0.3, 0.4) is 0 Å². The molecule has 0 saturated heterocycles. The molecule has 2 nitrogen and oxygen atoms in total. The molecule has 0 spiro atoms. The summed E-state index contributed by atoms with van der Waals surface area (Å²) in [6.45, 7) is 9.28. The third-order valence-electron chi connectivity index (χ3n) is 3.21. The van der Waals surface area contributed by atoms with E-state index in [4.69, 9.17) is 0 Å². The second-order valence-corrected chi connectivity index (χ2v) is 4.73. The van der Waals surface area contributed by atoms with E-state index in [1.807, 2.05) is 58.9 Å². The lowest BCUT2D eigenvalue weighted by molar-refractivity contribution is -0.0780. The van der Waals surface area contributed by atoms with E-state index in [2.05, 4.69) is 0 Å². The third kappa shape index (κ3) is 4.06. The summed E-state index contributed by atoms with van der Waals surface area (Å²) in [7, 11) is 0. The van der Waals surface area contributed by atoms with E-state index in [1.165, 1.54) is 0 Å². The molecule has 20 heavy (non-hydrogen) atoms. The van der Waals surface area contributed by atoms with Crippen LogP contribution in [0.25, 0.3) is 0 Å². The highest BCUT2D eigenvalue weighted by molar-refractivity contribution is 5.33. The summed E-state index contributed by atoms with van der Waals surface area (Å²) in [6, 6.07) is 0. The third-order valence-corrected chi connectivity index (χ3v) is 3.21. The number of hydrogen-bond donors (Lipinski definition) is 2. The quantitative estimate of drug-likeness (QED) is 0.691. The molecule has 0 aromatic heterocycles. The molecule has 0 fully saturated rings. The maximum atomic E-state index is 11.2. The van der Waals surface area contributed by atoms with Crippen molar-refractivity contribution < 1.29 is 10.2 Å². The Balaban J connectivity index is 6.13. The van der Waals surface area contributed by atoms with E-state index in [9.17, 15) is 10.2 Å². The maximum absolute atomic E-state index is 11.2. The molecule has 2 heteroatoms. The van der Waals surface area contributed by atoms with Gasteiger partial charge < -0.3 is 10.2 Å². The van der Waals surface area contributed by atoms with E-state index in [1.54, 1.807) is 36.5 Å². The molecule has 0 aliphatic carbocycles. The van der Waals surface area contributed by atoms with Gasteiger partial charge in [0.15, 0.2) is 0 Å². The maximum Gasteiger partial charge on any atom is 0.134 e. The van der Waals surface area contributed by atoms with Crippen molar-refractivity contribution in [3.63, 3.8) is 0 Å². The summed E-state index contributed by atoms with van der Waals surface area (Å²) in [6.07, 6.45) is 17.7. The SMILES string of the molecule is CC=CC(C=CC)C(O)(C=CC)C(O)(C=CC)C=CC. The van der Waals surface area contributed by atoms with Crippen LogP contribution >= 0.6 is 0 Å². The molecule has 0 heterocycles. The Kier molecular flexibility index (Phi) is 8.12. The molecule has 0 bridgehead atoms. The highest BCUT2D eigenvalue weighted by Gasteiger charge is 2.47. The highest BCUT2D eigenvalue weighted by Crippen LogP contribution is 2.36. The Morgan fingerprint density at radius 2 is 1.05 bits per heavy atom. The van der Waals surface area contributed by atoms with Gasteiger partial charge >= 0.3 is 0 Å². The first-order valence-electron chi connectivity index (χ1n) is 7.07. The average Bonchev–Trinajstić information content (AvgIpc) is 2.39. The van der Waals surface area contributed by atoms with Crippen molar-refractivity contribution >= 4 is 0 Å². The van der Waals surface area contributed by atoms with Gasteiger partial charge in [0.05, 0.1) is 0 Å². The molecule has 0 saturated carbocycles. The molecule has 2 N–H and O–H groups in total. The Bertz CT molecular complexity index is 389. The second-order valence-electron chi connectivity index (χ2n) is 4.73. The van der Waals surface area contributed by atoms with Gasteiger partial charge in [-0.2, -0.15) is 0 Å². The van der Waals surface area contributed by atoms with Crippen LogP contribution in [-0.2, 0) is 0 Å². The lowest BCUT2D eigenvalue weighted by atomic mass is 9.72. The summed E-state index contributed by atoms with van der Waals surface area (Å²) < 4.78 is 0. The molecule has 0 rings (SSSR count). The van der Waals surface area contributed by atoms with E-state index in [0.717, 1.165) is 0 Å². The second kappa shape index (κ2) is 8.72. The van der Waals surface area contributed by atoms with Crippen molar-refractivity contribution in [1.82, 2.24) is 0 Å². The smallest absolute Gasteiger partial charge is 0.134 e. The molecular formula is C18H28O2. The van der Waals surface area contributed by atoms with Crippen LogP contribution in [0.5, 0.6) is 0 Å². The van der Waals surface area contributed by atoms with Gasteiger partial charge in [-0.05, 0) is 34.6 Å². The zero-order valence-corrected chi connectivity index (χ0v) is 13.2. The summed E-state index contributed by atoms with van der Waals surface area (Å²) in [4.78, 5) is 0. The van der Waals surface area contributed by atoms with Crippen molar-refractivity contribution in [2.45, 2.75) is 45.8 Å². The zero-order valence-electron chi connectivity index (χ0n) is 13.2. The van der Waals surface area contributed by atoms with Crippen LogP contribution in [0.2, 0.25) is 0 Å². The van der Waals surface area contributed by atoms with Gasteiger partial charge in [0.25, 0.3) is 0 Å². The molecule has 0 radical (unpaired) electrons. The van der Waals surface area contributed by atoms with Crippen molar-refractivity contribution in [2.75, 3.05) is 0 Å². The lowest BCUT2D eigenvalue weighted by Gasteiger charge is -2.41. The van der Waals surface area contributed by atoms with Crippen LogP contribution in [0.1, 0.15) is 34.6 Å². The molecule has 0 amide bonds. The molecule has 0 aromatic rings. The Labute approximate surface area is 123 Å². The molecule has 0 aliphatic heterocycles. The minimum atomic E-state index is -1.47. The Hall–Kier alpha value is -1.38. The minimum absolute atomic E-state index is 0.328. The summed E-state index contributed by atoms with van der Waals surface area (Å²) in [5, 5.41) is 22.1. The average molecular weight is 276 g/mol. The van der Waals surface area contributed by atoms with Crippen LogP contribution < -0.4 is 0 Å². The number of aliphatic hydroxyl groups is 2. The predicted octanol–water partition coefficient (Wildman–Crippen LogP) is 3.95. The van der Waals surface area contributed by atoms with Gasteiger partial charge in [-0.25, -0.2) is 0 Å². The molecule has 0 aliphatic rings. The van der Waals surface area contributed by atoms with Gasteiger partial charge in [0, 0.05) is 5.92 Å². The Morgan fingerprint density at radius 1 is 0.650 bits per heavy atom. The Morgan fingerprint density at radius 3 is 1.35 bits per heavy atom. The molecule has 1 atom stereocenters. The summed E-state index contributed by atoms with van der Waals surface area (Å²) in [5.74, 6) is -0.328. The first-order valence-corrected chi connectivity index (χ1v) is 7.07. The van der Waals surface area contributed by atoms with Crippen molar-refractivity contribution in [1.29, 1.82) is 0 Å². The van der Waals surface area contributed by atoms with E-state index in [-0.39, 0.29) is 5.92 Å². The van der Waals surface area contributed by atoms with Crippen molar-refractivity contribution in [3.8, 4) is 0 Å². The van der Waals surface area contributed by atoms with Gasteiger partial charge in [0.1, 0.15) is 11.2 Å². The molecular weight excluding hydrogens is 248 g/mol. The van der Waals surface area contributed by atoms with Crippen LogP contribution in [0.15, 0.2) is 60.8 Å². The fourth-order valence-electron chi connectivity index (χ4n) is 2.37. The predicted molar refractivity (Wildman–Crippen MR) is 87.5 cm³/mol. The molecule has 0 aromatic carbocycles. The fourth-order valence-corrected chi connectivity index (χ4v) is 2.37. The normalized spacial score (nSPS) is 21.4. The van der Waals surface area contributed by atoms with Crippen LogP contribution in [0.4, 0.5) is 0 Å². The number of allylic oxidation sites excluding steroid dienone is 5. The topological polar surface area (TPSA) is 40.5 Å². The van der Waals surface area contributed by atoms with E-state index in [0.29, 0.717) is 0 Å². The first-order chi connectivity index (χ1) is 9.45. The minimum Gasteiger partial charge on any atom is -0.381 e. The van der Waals surface area contributed by atoms with Gasteiger partial charge in [-0.15, -0.1) is 0 Å². The van der Waals surface area contributed by atoms with Gasteiger partial charge in [0.2, 0.25) is 0 Å². The standard InChI is InChI=1S/C18H28O2/c1-6-11-16(12-7-2)18(20,15-10-5)17(19,13-8-3)14-9-4/h6-16,19-20H,1-5H3. The van der Waals surface area contributed by atoms with E-state index >= 15 is 0 Å². The monoisotopic (exact) mass is 276 g/mol. The van der Waals surface area contributed by atoms with Crippen LogP contribution in [-0.4, -0.2) is 21.4 Å². The summed E-state index contributed by atoms with van der Waals surface area (Å²) in [5.41, 5.74) is -2.91. The zero-order chi connectivity index (χ0) is 15.6. The fraction of sp³-hybridized carbons (Fsp3) is 0.444. The van der Waals surface area contributed by atoms with Crippen molar-refractivity contribution in [3.05, 3.63) is 60.8 Å². The van der Waals surface area contributed by atoms with Crippen LogP contribution in [0, 0.1) is 5.92 Å². The number of rotatable bonds is 7. The largest absolute Gasteiger partial charge is 0.381 e. The lowest BCUT2D eigenvalue weighted by Crippen LogP contribution is -2.54. The summed E-state index contributed by atoms with van der Waals surface area (Å²) >= 11 is 0. The molecule has 112 valence electrons. The first kappa shape index (κ1) is 18.6. The van der Waals surface area contributed by atoms with E-state index < -0.39 is 11.2 Å². The van der Waals surface area contributed by atoms with Gasteiger partial charge in [-0.3, -0.25) is 0 Å². The highest BCUT2D eigenvalue weighted by atomic mass is 16.4. The number of hydrogen-bond acceptors (Lipinski definition) is 2. The molecule has 1 unspecified atom stereocenters. The van der Waals surface area contributed by atoms with Gasteiger partial charge in [-0.1, -0.05) is 60.8 Å².